The monoisotopic (exact) mass is 276 g/mol. The molecule has 1 fully saturated rings. The van der Waals surface area contributed by atoms with E-state index in [1.165, 1.54) is 32.4 Å². The third kappa shape index (κ3) is 31.7. The second-order valence-corrected chi connectivity index (χ2v) is 3.49. The maximum Gasteiger partial charge on any atom is 0.290 e. The van der Waals surface area contributed by atoms with E-state index in [0.29, 0.717) is 0 Å². The van der Waals surface area contributed by atoms with E-state index in [0.717, 1.165) is 6.04 Å². The molecule has 0 spiro atoms. The molecule has 0 bridgehead atoms. The SMILES string of the molecule is C=C.CC.CC.CN(C)CCC1CCCN1.O=CO. The summed E-state index contributed by atoms with van der Waals surface area (Å²) in [7, 11) is 4.27. The van der Waals surface area contributed by atoms with Crippen molar-refractivity contribution in [3.63, 3.8) is 0 Å². The summed E-state index contributed by atoms with van der Waals surface area (Å²) in [6.07, 6.45) is 4.07. The Bertz CT molecular complexity index is 136. The number of hydrogen-bond donors (Lipinski definition) is 2. The molecule has 0 radical (unpaired) electrons. The first-order valence-electron chi connectivity index (χ1n) is 7.16. The molecule has 0 aromatic rings. The largest absolute Gasteiger partial charge is 0.483 e. The summed E-state index contributed by atoms with van der Waals surface area (Å²) >= 11 is 0. The second kappa shape index (κ2) is 30.3. The molecular formula is C15H36N2O2. The number of nitrogens with one attached hydrogen (secondary N) is 1. The number of hydrogen-bond acceptors (Lipinski definition) is 3. The van der Waals surface area contributed by atoms with Crippen molar-refractivity contribution in [1.82, 2.24) is 10.2 Å². The van der Waals surface area contributed by atoms with E-state index in [9.17, 15) is 0 Å². The van der Waals surface area contributed by atoms with Crippen molar-refractivity contribution in [2.45, 2.75) is 53.0 Å². The maximum atomic E-state index is 8.36. The van der Waals surface area contributed by atoms with Gasteiger partial charge in [-0.15, -0.1) is 13.2 Å². The molecule has 118 valence electrons. The van der Waals surface area contributed by atoms with Gasteiger partial charge in [0.15, 0.2) is 0 Å². The summed E-state index contributed by atoms with van der Waals surface area (Å²) in [6.45, 7) is 16.2. The Kier molecular flexibility index (Phi) is 42.5. The standard InChI is InChI=1S/C8H18N2.2C2H6.C2H4.CH2O2/c1-10(2)7-5-8-4-3-6-9-8;3*1-2;2-1-3/h8-9H,3-7H2,1-2H3;2*1-2H3;1-2H2;1H,(H,2,3). The summed E-state index contributed by atoms with van der Waals surface area (Å²) in [5.74, 6) is 0. The van der Waals surface area contributed by atoms with E-state index in [1.54, 1.807) is 0 Å². The van der Waals surface area contributed by atoms with Crippen molar-refractivity contribution in [2.75, 3.05) is 27.2 Å². The van der Waals surface area contributed by atoms with Crippen LogP contribution in [0.3, 0.4) is 0 Å². The number of rotatable bonds is 3. The Morgan fingerprint density at radius 2 is 1.68 bits per heavy atom. The van der Waals surface area contributed by atoms with Gasteiger partial charge in [-0.1, -0.05) is 27.7 Å². The first-order chi connectivity index (χ1) is 9.20. The normalized spacial score (nSPS) is 15.2. The summed E-state index contributed by atoms with van der Waals surface area (Å²) in [6, 6.07) is 0.808. The lowest BCUT2D eigenvalue weighted by Crippen LogP contribution is -2.26. The van der Waals surface area contributed by atoms with Crippen molar-refractivity contribution in [2.24, 2.45) is 0 Å². The van der Waals surface area contributed by atoms with Gasteiger partial charge in [-0.2, -0.15) is 0 Å². The highest BCUT2D eigenvalue weighted by molar-refractivity contribution is 5.32. The van der Waals surface area contributed by atoms with Crippen LogP contribution in [0, 0.1) is 0 Å². The molecule has 1 saturated heterocycles. The molecule has 1 unspecified atom stereocenters. The molecule has 4 nitrogen and oxygen atoms in total. The van der Waals surface area contributed by atoms with Gasteiger partial charge in [0.05, 0.1) is 0 Å². The summed E-state index contributed by atoms with van der Waals surface area (Å²) < 4.78 is 0. The van der Waals surface area contributed by atoms with Crippen LogP contribution in [0.15, 0.2) is 13.2 Å². The van der Waals surface area contributed by atoms with Gasteiger partial charge >= 0.3 is 0 Å². The molecule has 4 heteroatoms. The maximum absolute atomic E-state index is 8.36. The van der Waals surface area contributed by atoms with Gasteiger partial charge < -0.3 is 15.3 Å². The fraction of sp³-hybridized carbons (Fsp3) is 0.800. The number of nitrogens with zero attached hydrogens (tertiary/aromatic N) is 1. The van der Waals surface area contributed by atoms with Gasteiger partial charge in [-0.05, 0) is 46.4 Å². The first kappa shape index (κ1) is 26.6. The van der Waals surface area contributed by atoms with Crippen LogP contribution in [-0.4, -0.2) is 49.7 Å². The Morgan fingerprint density at radius 1 is 1.26 bits per heavy atom. The zero-order valence-corrected chi connectivity index (χ0v) is 13.9. The lowest BCUT2D eigenvalue weighted by atomic mass is 10.1. The third-order valence-electron chi connectivity index (χ3n) is 2.09. The Hall–Kier alpha value is -0.870. The Labute approximate surface area is 120 Å². The van der Waals surface area contributed by atoms with Crippen LogP contribution in [0.2, 0.25) is 0 Å². The van der Waals surface area contributed by atoms with E-state index < -0.39 is 0 Å². The molecule has 1 atom stereocenters. The predicted octanol–water partition coefficient (Wildman–Crippen LogP) is 3.25. The van der Waals surface area contributed by atoms with Gasteiger partial charge in [0.2, 0.25) is 0 Å². The molecule has 0 amide bonds. The molecule has 1 heterocycles. The first-order valence-corrected chi connectivity index (χ1v) is 7.16. The van der Waals surface area contributed by atoms with Crippen molar-refractivity contribution in [3.05, 3.63) is 13.2 Å². The van der Waals surface area contributed by atoms with E-state index >= 15 is 0 Å². The third-order valence-corrected chi connectivity index (χ3v) is 2.09. The molecule has 0 saturated carbocycles. The van der Waals surface area contributed by atoms with Crippen LogP contribution in [0.4, 0.5) is 0 Å². The van der Waals surface area contributed by atoms with Gasteiger partial charge in [0.1, 0.15) is 0 Å². The molecular weight excluding hydrogens is 240 g/mol. The van der Waals surface area contributed by atoms with Gasteiger partial charge in [0.25, 0.3) is 6.47 Å². The van der Waals surface area contributed by atoms with Crippen molar-refractivity contribution < 1.29 is 9.90 Å². The zero-order valence-electron chi connectivity index (χ0n) is 13.9. The molecule has 19 heavy (non-hydrogen) atoms. The van der Waals surface area contributed by atoms with E-state index in [4.69, 9.17) is 9.90 Å². The van der Waals surface area contributed by atoms with Gasteiger partial charge in [0, 0.05) is 6.04 Å². The Morgan fingerprint density at radius 3 is 1.95 bits per heavy atom. The van der Waals surface area contributed by atoms with E-state index in [1.807, 2.05) is 27.7 Å². The lowest BCUT2D eigenvalue weighted by molar-refractivity contribution is -0.122. The highest BCUT2D eigenvalue weighted by Crippen LogP contribution is 2.08. The molecule has 0 aromatic carbocycles. The topological polar surface area (TPSA) is 52.6 Å². The van der Waals surface area contributed by atoms with E-state index in [2.05, 4.69) is 37.5 Å². The summed E-state index contributed by atoms with van der Waals surface area (Å²) in [5, 5.41) is 10.4. The smallest absolute Gasteiger partial charge is 0.290 e. The van der Waals surface area contributed by atoms with Gasteiger partial charge in [-0.3, -0.25) is 4.79 Å². The minimum Gasteiger partial charge on any atom is -0.483 e. The van der Waals surface area contributed by atoms with Crippen LogP contribution in [0.1, 0.15) is 47.0 Å². The molecule has 2 N–H and O–H groups in total. The molecule has 0 aromatic heterocycles. The lowest BCUT2D eigenvalue weighted by Gasteiger charge is -2.13. The molecule has 0 aliphatic carbocycles. The fourth-order valence-corrected chi connectivity index (χ4v) is 1.42. The van der Waals surface area contributed by atoms with Crippen molar-refractivity contribution in [3.8, 4) is 0 Å². The molecule has 1 aliphatic heterocycles. The highest BCUT2D eigenvalue weighted by atomic mass is 16.3. The van der Waals surface area contributed by atoms with Crippen LogP contribution in [0.25, 0.3) is 0 Å². The summed E-state index contributed by atoms with van der Waals surface area (Å²) in [4.78, 5) is 10.6. The summed E-state index contributed by atoms with van der Waals surface area (Å²) in [5.41, 5.74) is 0. The number of carbonyl (C=O) groups is 1. The van der Waals surface area contributed by atoms with E-state index in [-0.39, 0.29) is 6.47 Å². The minimum absolute atomic E-state index is 0.250. The second-order valence-electron chi connectivity index (χ2n) is 3.49. The molecule has 1 aliphatic rings. The molecule has 1 rings (SSSR count). The van der Waals surface area contributed by atoms with Crippen LogP contribution >= 0.6 is 0 Å². The van der Waals surface area contributed by atoms with Crippen LogP contribution in [0.5, 0.6) is 0 Å². The average Bonchev–Trinajstić information content (AvgIpc) is 2.97. The number of carboxylic acid groups (broad SMARTS) is 1. The average molecular weight is 276 g/mol. The Balaban J connectivity index is -0.000000106. The predicted molar refractivity (Wildman–Crippen MR) is 86.8 cm³/mol. The zero-order chi connectivity index (χ0) is 16.1. The van der Waals surface area contributed by atoms with Crippen molar-refractivity contribution >= 4 is 6.47 Å². The van der Waals surface area contributed by atoms with Gasteiger partial charge in [-0.25, -0.2) is 0 Å². The fourth-order valence-electron chi connectivity index (χ4n) is 1.42. The quantitative estimate of drug-likeness (QED) is 0.614. The van der Waals surface area contributed by atoms with Crippen molar-refractivity contribution in [1.29, 1.82) is 0 Å². The van der Waals surface area contributed by atoms with Crippen LogP contribution < -0.4 is 5.32 Å². The minimum atomic E-state index is -0.250. The van der Waals surface area contributed by atoms with Crippen LogP contribution in [-0.2, 0) is 4.79 Å². The highest BCUT2D eigenvalue weighted by Gasteiger charge is 2.12.